The van der Waals surface area contributed by atoms with E-state index in [0.717, 1.165) is 11.3 Å². The molecule has 0 aliphatic rings. The van der Waals surface area contributed by atoms with Gasteiger partial charge in [-0.05, 0) is 31.5 Å². The van der Waals surface area contributed by atoms with Gasteiger partial charge in [-0.3, -0.25) is 5.32 Å². The van der Waals surface area contributed by atoms with Gasteiger partial charge in [-0.25, -0.2) is 0 Å². The van der Waals surface area contributed by atoms with Crippen LogP contribution in [0.1, 0.15) is 31.2 Å². The van der Waals surface area contributed by atoms with Crippen LogP contribution in [0.25, 0.3) is 0 Å². The third kappa shape index (κ3) is 3.00. The van der Waals surface area contributed by atoms with Crippen molar-refractivity contribution in [3.63, 3.8) is 0 Å². The molecule has 0 aliphatic heterocycles. The highest BCUT2D eigenvalue weighted by atomic mass is 16.3. The van der Waals surface area contributed by atoms with Crippen LogP contribution >= 0.6 is 0 Å². The average Bonchev–Trinajstić information content (AvgIpc) is 2.91. The fourth-order valence-electron chi connectivity index (χ4n) is 1.86. The Hall–Kier alpha value is -1.58. The molecule has 2 rings (SSSR count). The minimum Gasteiger partial charge on any atom is -0.467 e. The Kier molecular flexibility index (Phi) is 3.84. The molecule has 96 valence electrons. The Morgan fingerprint density at radius 3 is 2.44 bits per heavy atom. The van der Waals surface area contributed by atoms with Gasteiger partial charge in [0.15, 0.2) is 0 Å². The Labute approximate surface area is 107 Å². The molecule has 0 spiro atoms. The second-order valence-corrected chi connectivity index (χ2v) is 5.05. The zero-order valence-corrected chi connectivity index (χ0v) is 10.8. The van der Waals surface area contributed by atoms with Gasteiger partial charge in [0, 0.05) is 5.54 Å². The first-order chi connectivity index (χ1) is 8.62. The Morgan fingerprint density at radius 1 is 1.17 bits per heavy atom. The number of rotatable bonds is 5. The molecule has 0 fully saturated rings. The van der Waals surface area contributed by atoms with Crippen LogP contribution in [0.5, 0.6) is 0 Å². The van der Waals surface area contributed by atoms with Gasteiger partial charge in [-0.2, -0.15) is 0 Å². The molecule has 18 heavy (non-hydrogen) atoms. The van der Waals surface area contributed by atoms with Crippen LogP contribution in [0.3, 0.4) is 0 Å². The van der Waals surface area contributed by atoms with Gasteiger partial charge in [-0.15, -0.1) is 0 Å². The maximum absolute atomic E-state index is 9.39. The number of hydrogen-bond donors (Lipinski definition) is 2. The van der Waals surface area contributed by atoms with Gasteiger partial charge < -0.3 is 9.52 Å². The normalized spacial score (nSPS) is 13.5. The second kappa shape index (κ2) is 5.38. The maximum atomic E-state index is 9.39. The van der Waals surface area contributed by atoms with E-state index in [2.05, 4.69) is 5.32 Å². The van der Waals surface area contributed by atoms with Crippen molar-refractivity contribution in [2.45, 2.75) is 25.4 Å². The fraction of sp³-hybridized carbons (Fsp3) is 0.333. The summed E-state index contributed by atoms with van der Waals surface area (Å²) in [5, 5.41) is 12.8. The van der Waals surface area contributed by atoms with Crippen molar-refractivity contribution < 1.29 is 9.52 Å². The molecule has 1 aromatic carbocycles. The van der Waals surface area contributed by atoms with Crippen molar-refractivity contribution in [3.05, 3.63) is 60.1 Å². The van der Waals surface area contributed by atoms with Crippen LogP contribution in [0.15, 0.2) is 53.1 Å². The first-order valence-corrected chi connectivity index (χ1v) is 6.09. The first-order valence-electron chi connectivity index (χ1n) is 6.09. The molecule has 0 bridgehead atoms. The van der Waals surface area contributed by atoms with Gasteiger partial charge in [0.25, 0.3) is 0 Å². The lowest BCUT2D eigenvalue weighted by Crippen LogP contribution is -2.45. The molecular weight excluding hydrogens is 226 g/mol. The number of aliphatic hydroxyl groups is 1. The number of aliphatic hydroxyl groups excluding tert-OH is 1. The lowest BCUT2D eigenvalue weighted by atomic mass is 9.99. The molecule has 1 aromatic heterocycles. The molecule has 3 heteroatoms. The quantitative estimate of drug-likeness (QED) is 0.851. The smallest absolute Gasteiger partial charge is 0.125 e. The Balaban J connectivity index is 2.30. The number of benzene rings is 1. The van der Waals surface area contributed by atoms with E-state index >= 15 is 0 Å². The van der Waals surface area contributed by atoms with Crippen LogP contribution in [-0.4, -0.2) is 17.3 Å². The number of nitrogens with one attached hydrogen (secondary N) is 1. The largest absolute Gasteiger partial charge is 0.467 e. The van der Waals surface area contributed by atoms with Crippen molar-refractivity contribution in [1.29, 1.82) is 0 Å². The highest BCUT2D eigenvalue weighted by molar-refractivity contribution is 5.26. The Bertz CT molecular complexity index is 463. The summed E-state index contributed by atoms with van der Waals surface area (Å²) in [5.41, 5.74) is 0.752. The number of hydrogen-bond acceptors (Lipinski definition) is 3. The van der Waals surface area contributed by atoms with Crippen LogP contribution in [0.2, 0.25) is 0 Å². The first kappa shape index (κ1) is 12.9. The lowest BCUT2D eigenvalue weighted by molar-refractivity contribution is 0.176. The van der Waals surface area contributed by atoms with E-state index < -0.39 is 0 Å². The zero-order chi connectivity index (χ0) is 13.0. The van der Waals surface area contributed by atoms with Crippen molar-refractivity contribution in [2.24, 2.45) is 0 Å². The molecular formula is C15H19NO2. The molecule has 0 amide bonds. The highest BCUT2D eigenvalue weighted by Crippen LogP contribution is 2.24. The molecule has 0 aliphatic carbocycles. The van der Waals surface area contributed by atoms with Crippen LogP contribution in [0.4, 0.5) is 0 Å². The molecule has 3 nitrogen and oxygen atoms in total. The van der Waals surface area contributed by atoms with Crippen LogP contribution in [-0.2, 0) is 0 Å². The lowest BCUT2D eigenvalue weighted by Gasteiger charge is -2.29. The third-order valence-corrected chi connectivity index (χ3v) is 2.89. The van der Waals surface area contributed by atoms with Crippen LogP contribution < -0.4 is 5.32 Å². The zero-order valence-electron chi connectivity index (χ0n) is 10.8. The molecule has 0 radical (unpaired) electrons. The van der Waals surface area contributed by atoms with E-state index in [1.807, 2.05) is 56.3 Å². The molecule has 0 saturated heterocycles. The average molecular weight is 245 g/mol. The van der Waals surface area contributed by atoms with Gasteiger partial charge in [0.2, 0.25) is 0 Å². The van der Waals surface area contributed by atoms with Gasteiger partial charge in [0.1, 0.15) is 5.76 Å². The van der Waals surface area contributed by atoms with E-state index in [9.17, 15) is 5.11 Å². The molecule has 2 N–H and O–H groups in total. The predicted octanol–water partition coefficient (Wildman–Crippen LogP) is 2.73. The summed E-state index contributed by atoms with van der Waals surface area (Å²) in [6.45, 7) is 3.99. The van der Waals surface area contributed by atoms with Crippen molar-refractivity contribution in [2.75, 3.05) is 6.61 Å². The summed E-state index contributed by atoms with van der Waals surface area (Å²) in [6, 6.07) is 13.8. The van der Waals surface area contributed by atoms with Crippen molar-refractivity contribution >= 4 is 0 Å². The van der Waals surface area contributed by atoms with E-state index in [4.69, 9.17) is 4.42 Å². The molecule has 1 heterocycles. The summed E-state index contributed by atoms with van der Waals surface area (Å²) >= 11 is 0. The third-order valence-electron chi connectivity index (χ3n) is 2.89. The molecule has 2 aromatic rings. The van der Waals surface area contributed by atoms with E-state index in [0.29, 0.717) is 0 Å². The van der Waals surface area contributed by atoms with Crippen LogP contribution in [0, 0.1) is 0 Å². The minimum absolute atomic E-state index is 0.0525. The maximum Gasteiger partial charge on any atom is 0.125 e. The van der Waals surface area contributed by atoms with E-state index in [1.54, 1.807) is 6.26 Å². The summed E-state index contributed by atoms with van der Waals surface area (Å²) in [5.74, 6) is 0.850. The minimum atomic E-state index is -0.368. The van der Waals surface area contributed by atoms with Crippen molar-refractivity contribution in [1.82, 2.24) is 5.32 Å². The van der Waals surface area contributed by atoms with Gasteiger partial charge in [0.05, 0.1) is 18.9 Å². The summed E-state index contributed by atoms with van der Waals surface area (Å²) in [7, 11) is 0. The van der Waals surface area contributed by atoms with Gasteiger partial charge >= 0.3 is 0 Å². The predicted molar refractivity (Wildman–Crippen MR) is 71.3 cm³/mol. The molecule has 1 unspecified atom stereocenters. The SMILES string of the molecule is CC(C)(CO)NC(c1ccccc1)c1ccco1. The highest BCUT2D eigenvalue weighted by Gasteiger charge is 2.25. The van der Waals surface area contributed by atoms with E-state index in [-0.39, 0.29) is 18.2 Å². The summed E-state index contributed by atoms with van der Waals surface area (Å²) in [6.07, 6.45) is 1.67. The standard InChI is InChI=1S/C15H19NO2/c1-15(2,11-17)16-14(13-9-6-10-18-13)12-7-4-3-5-8-12/h3-10,14,16-17H,11H2,1-2H3. The monoisotopic (exact) mass is 245 g/mol. The molecule has 1 atom stereocenters. The molecule has 0 saturated carbocycles. The van der Waals surface area contributed by atoms with E-state index in [1.165, 1.54) is 0 Å². The second-order valence-electron chi connectivity index (χ2n) is 5.05. The topological polar surface area (TPSA) is 45.4 Å². The van der Waals surface area contributed by atoms with Gasteiger partial charge in [-0.1, -0.05) is 30.3 Å². The Morgan fingerprint density at radius 2 is 1.89 bits per heavy atom. The van der Waals surface area contributed by atoms with Crippen molar-refractivity contribution in [3.8, 4) is 0 Å². The fourth-order valence-corrected chi connectivity index (χ4v) is 1.86. The summed E-state index contributed by atoms with van der Waals surface area (Å²) in [4.78, 5) is 0. The summed E-state index contributed by atoms with van der Waals surface area (Å²) < 4.78 is 5.50. The number of furan rings is 1.